The summed E-state index contributed by atoms with van der Waals surface area (Å²) in [5.74, 6) is 0. The molecular formula is C12H25NO2. The standard InChI is InChI=1S/C12H25NO2/c1-12(2,3)15-8-7-14-11-6-4-5-10(13)9-11/h10-11H,4-9,13H2,1-3H3. The van der Waals surface area contributed by atoms with Crippen molar-refractivity contribution >= 4 is 0 Å². The number of hydrogen-bond donors (Lipinski definition) is 1. The number of rotatable bonds is 4. The molecular weight excluding hydrogens is 190 g/mol. The maximum Gasteiger partial charge on any atom is 0.0707 e. The molecule has 1 rings (SSSR count). The Morgan fingerprint density at radius 3 is 2.53 bits per heavy atom. The molecule has 1 saturated carbocycles. The van der Waals surface area contributed by atoms with Crippen molar-refractivity contribution in [2.75, 3.05) is 13.2 Å². The molecule has 3 heteroatoms. The van der Waals surface area contributed by atoms with Crippen LogP contribution in [-0.2, 0) is 9.47 Å². The van der Waals surface area contributed by atoms with Crippen LogP contribution < -0.4 is 5.73 Å². The van der Waals surface area contributed by atoms with Crippen LogP contribution in [0.5, 0.6) is 0 Å². The monoisotopic (exact) mass is 215 g/mol. The third-order valence-electron chi connectivity index (χ3n) is 2.64. The molecule has 15 heavy (non-hydrogen) atoms. The van der Waals surface area contributed by atoms with Crippen LogP contribution in [0.3, 0.4) is 0 Å². The topological polar surface area (TPSA) is 44.5 Å². The molecule has 0 spiro atoms. The van der Waals surface area contributed by atoms with Crippen molar-refractivity contribution in [1.82, 2.24) is 0 Å². The number of ether oxygens (including phenoxy) is 2. The largest absolute Gasteiger partial charge is 0.376 e. The first-order chi connectivity index (χ1) is 6.97. The Morgan fingerprint density at radius 1 is 1.20 bits per heavy atom. The van der Waals surface area contributed by atoms with Crippen molar-refractivity contribution in [2.24, 2.45) is 5.73 Å². The highest BCUT2D eigenvalue weighted by atomic mass is 16.5. The zero-order valence-corrected chi connectivity index (χ0v) is 10.3. The van der Waals surface area contributed by atoms with E-state index in [1.54, 1.807) is 0 Å². The Labute approximate surface area is 93.3 Å². The molecule has 0 heterocycles. The van der Waals surface area contributed by atoms with E-state index in [-0.39, 0.29) is 5.60 Å². The minimum absolute atomic E-state index is 0.0632. The lowest BCUT2D eigenvalue weighted by Gasteiger charge is -2.27. The van der Waals surface area contributed by atoms with E-state index in [1.165, 1.54) is 6.42 Å². The zero-order valence-electron chi connectivity index (χ0n) is 10.3. The van der Waals surface area contributed by atoms with Crippen molar-refractivity contribution in [3.63, 3.8) is 0 Å². The van der Waals surface area contributed by atoms with Gasteiger partial charge in [0.2, 0.25) is 0 Å². The van der Waals surface area contributed by atoms with Gasteiger partial charge in [-0.15, -0.1) is 0 Å². The molecule has 2 unspecified atom stereocenters. The highest BCUT2D eigenvalue weighted by molar-refractivity contribution is 4.75. The third kappa shape index (κ3) is 6.13. The second-order valence-electron chi connectivity index (χ2n) is 5.38. The van der Waals surface area contributed by atoms with Crippen LogP contribution in [0.1, 0.15) is 46.5 Å². The summed E-state index contributed by atoms with van der Waals surface area (Å²) >= 11 is 0. The van der Waals surface area contributed by atoms with Gasteiger partial charge in [-0.3, -0.25) is 0 Å². The van der Waals surface area contributed by atoms with Crippen molar-refractivity contribution < 1.29 is 9.47 Å². The van der Waals surface area contributed by atoms with Crippen molar-refractivity contribution in [3.8, 4) is 0 Å². The van der Waals surface area contributed by atoms with E-state index in [0.717, 1.165) is 19.3 Å². The zero-order chi connectivity index (χ0) is 11.3. The molecule has 90 valence electrons. The van der Waals surface area contributed by atoms with Crippen LogP contribution in [0.4, 0.5) is 0 Å². The van der Waals surface area contributed by atoms with Crippen LogP contribution >= 0.6 is 0 Å². The maximum atomic E-state index is 5.89. The molecule has 1 aliphatic carbocycles. The predicted octanol–water partition coefficient (Wildman–Crippen LogP) is 2.09. The first-order valence-corrected chi connectivity index (χ1v) is 5.98. The molecule has 0 aliphatic heterocycles. The Hall–Kier alpha value is -0.120. The highest BCUT2D eigenvalue weighted by Crippen LogP contribution is 2.19. The summed E-state index contributed by atoms with van der Waals surface area (Å²) in [6.07, 6.45) is 4.88. The summed E-state index contributed by atoms with van der Waals surface area (Å²) in [5.41, 5.74) is 5.82. The Bertz CT molecular complexity index is 177. The molecule has 0 aromatic rings. The third-order valence-corrected chi connectivity index (χ3v) is 2.64. The lowest BCUT2D eigenvalue weighted by Crippen LogP contribution is -2.33. The molecule has 1 fully saturated rings. The van der Waals surface area contributed by atoms with E-state index < -0.39 is 0 Å². The minimum atomic E-state index is -0.0632. The number of nitrogens with two attached hydrogens (primary N) is 1. The fourth-order valence-electron chi connectivity index (χ4n) is 1.90. The molecule has 1 aliphatic rings. The van der Waals surface area contributed by atoms with Crippen molar-refractivity contribution in [1.29, 1.82) is 0 Å². The maximum absolute atomic E-state index is 5.89. The second-order valence-corrected chi connectivity index (χ2v) is 5.38. The summed E-state index contributed by atoms with van der Waals surface area (Å²) in [5, 5.41) is 0. The van der Waals surface area contributed by atoms with Gasteiger partial charge < -0.3 is 15.2 Å². The molecule has 2 N–H and O–H groups in total. The SMILES string of the molecule is CC(C)(C)OCCOC1CCCC(N)C1. The first-order valence-electron chi connectivity index (χ1n) is 5.98. The molecule has 0 radical (unpaired) electrons. The van der Waals surface area contributed by atoms with E-state index in [9.17, 15) is 0 Å². The number of hydrogen-bond acceptors (Lipinski definition) is 3. The van der Waals surface area contributed by atoms with Crippen LogP contribution in [-0.4, -0.2) is 31.0 Å². The van der Waals surface area contributed by atoms with Gasteiger partial charge in [0.25, 0.3) is 0 Å². The Balaban J connectivity index is 2.04. The summed E-state index contributed by atoms with van der Waals surface area (Å²) in [4.78, 5) is 0. The summed E-state index contributed by atoms with van der Waals surface area (Å²) < 4.78 is 11.3. The van der Waals surface area contributed by atoms with E-state index in [1.807, 2.05) is 0 Å². The average Bonchev–Trinajstić information content (AvgIpc) is 2.11. The van der Waals surface area contributed by atoms with E-state index in [0.29, 0.717) is 25.4 Å². The second kappa shape index (κ2) is 5.83. The van der Waals surface area contributed by atoms with Gasteiger partial charge in [-0.2, -0.15) is 0 Å². The van der Waals surface area contributed by atoms with Crippen LogP contribution in [0, 0.1) is 0 Å². The van der Waals surface area contributed by atoms with Gasteiger partial charge in [-0.1, -0.05) is 0 Å². The first kappa shape index (κ1) is 12.9. The van der Waals surface area contributed by atoms with Crippen molar-refractivity contribution in [3.05, 3.63) is 0 Å². The van der Waals surface area contributed by atoms with E-state index in [4.69, 9.17) is 15.2 Å². The predicted molar refractivity (Wildman–Crippen MR) is 61.9 cm³/mol. The summed E-state index contributed by atoms with van der Waals surface area (Å²) in [6, 6.07) is 0.340. The quantitative estimate of drug-likeness (QED) is 0.730. The highest BCUT2D eigenvalue weighted by Gasteiger charge is 2.19. The van der Waals surface area contributed by atoms with Gasteiger partial charge >= 0.3 is 0 Å². The Kier molecular flexibility index (Phi) is 5.03. The molecule has 0 bridgehead atoms. The summed E-state index contributed by atoms with van der Waals surface area (Å²) in [6.45, 7) is 7.54. The lowest BCUT2D eigenvalue weighted by molar-refractivity contribution is -0.0588. The molecule has 0 aromatic heterocycles. The van der Waals surface area contributed by atoms with Crippen LogP contribution in [0.15, 0.2) is 0 Å². The Morgan fingerprint density at radius 2 is 1.93 bits per heavy atom. The van der Waals surface area contributed by atoms with Gasteiger partial charge in [0.05, 0.1) is 24.9 Å². The van der Waals surface area contributed by atoms with Crippen molar-refractivity contribution in [2.45, 2.75) is 64.2 Å². The van der Waals surface area contributed by atoms with Crippen LogP contribution in [0.2, 0.25) is 0 Å². The minimum Gasteiger partial charge on any atom is -0.376 e. The fraction of sp³-hybridized carbons (Fsp3) is 1.00. The van der Waals surface area contributed by atoms with Gasteiger partial charge in [0.15, 0.2) is 0 Å². The van der Waals surface area contributed by atoms with Crippen LogP contribution in [0.25, 0.3) is 0 Å². The van der Waals surface area contributed by atoms with Gasteiger partial charge in [0.1, 0.15) is 0 Å². The average molecular weight is 215 g/mol. The lowest BCUT2D eigenvalue weighted by atomic mass is 9.94. The molecule has 0 amide bonds. The summed E-state index contributed by atoms with van der Waals surface area (Å²) in [7, 11) is 0. The van der Waals surface area contributed by atoms with E-state index >= 15 is 0 Å². The van der Waals surface area contributed by atoms with Gasteiger partial charge in [0, 0.05) is 6.04 Å². The fourth-order valence-corrected chi connectivity index (χ4v) is 1.90. The molecule has 3 nitrogen and oxygen atoms in total. The molecule has 2 atom stereocenters. The normalized spacial score (nSPS) is 28.0. The molecule has 0 saturated heterocycles. The molecule has 0 aromatic carbocycles. The van der Waals surface area contributed by atoms with E-state index in [2.05, 4.69) is 20.8 Å². The van der Waals surface area contributed by atoms with Gasteiger partial charge in [-0.05, 0) is 46.5 Å². The van der Waals surface area contributed by atoms with Gasteiger partial charge in [-0.25, -0.2) is 0 Å². The smallest absolute Gasteiger partial charge is 0.0707 e.